The minimum absolute atomic E-state index is 0.234. The van der Waals surface area contributed by atoms with Gasteiger partial charge in [0.1, 0.15) is 0 Å². The van der Waals surface area contributed by atoms with Gasteiger partial charge >= 0.3 is 5.97 Å². The maximum atomic E-state index is 11.1. The highest BCUT2D eigenvalue weighted by molar-refractivity contribution is 5.69. The molecule has 1 aromatic rings. The first-order chi connectivity index (χ1) is 8.97. The number of carboxylic acid groups (broad SMARTS) is 1. The van der Waals surface area contributed by atoms with Crippen molar-refractivity contribution in [1.29, 1.82) is 0 Å². The van der Waals surface area contributed by atoms with Gasteiger partial charge in [0.25, 0.3) is 0 Å². The van der Waals surface area contributed by atoms with Crippen molar-refractivity contribution in [1.82, 2.24) is 4.90 Å². The van der Waals surface area contributed by atoms with E-state index in [1.54, 1.807) is 6.92 Å². The van der Waals surface area contributed by atoms with Crippen molar-refractivity contribution >= 4 is 5.97 Å². The first kappa shape index (κ1) is 15.7. The molecule has 1 N–H and O–H groups in total. The fourth-order valence-corrected chi connectivity index (χ4v) is 2.27. The molecule has 0 amide bonds. The summed E-state index contributed by atoms with van der Waals surface area (Å²) in [5, 5.41) is 9.11. The Kier molecular flexibility index (Phi) is 6.03. The first-order valence-electron chi connectivity index (χ1n) is 7.00. The van der Waals surface area contributed by atoms with Crippen LogP contribution < -0.4 is 0 Å². The summed E-state index contributed by atoms with van der Waals surface area (Å²) in [4.78, 5) is 13.4. The highest BCUT2D eigenvalue weighted by Crippen LogP contribution is 2.24. The van der Waals surface area contributed by atoms with Gasteiger partial charge in [-0.1, -0.05) is 44.2 Å². The molecule has 1 aromatic carbocycles. The molecule has 0 aliphatic carbocycles. The molecule has 1 rings (SSSR count). The van der Waals surface area contributed by atoms with Crippen molar-refractivity contribution in [2.45, 2.75) is 46.2 Å². The molecular weight excluding hydrogens is 238 g/mol. The molecule has 0 bridgehead atoms. The van der Waals surface area contributed by atoms with Crippen molar-refractivity contribution in [3.63, 3.8) is 0 Å². The van der Waals surface area contributed by atoms with Gasteiger partial charge in [-0.2, -0.15) is 0 Å². The zero-order chi connectivity index (χ0) is 14.4. The second kappa shape index (κ2) is 7.29. The maximum absolute atomic E-state index is 11.1. The van der Waals surface area contributed by atoms with E-state index in [-0.39, 0.29) is 12.0 Å². The molecule has 3 unspecified atom stereocenters. The Balaban J connectivity index is 2.88. The van der Waals surface area contributed by atoms with E-state index in [1.165, 1.54) is 5.56 Å². The Hall–Kier alpha value is -1.35. The molecule has 0 fully saturated rings. The summed E-state index contributed by atoms with van der Waals surface area (Å²) in [6.07, 6.45) is 1.02. The standard InChI is InChI=1S/C16H25NO2/c1-5-13(3)17(11-12(2)16(18)19)14(4)15-9-7-6-8-10-15/h6-10,12-14H,5,11H2,1-4H3,(H,18,19). The lowest BCUT2D eigenvalue weighted by Gasteiger charge is -2.35. The Morgan fingerprint density at radius 3 is 2.26 bits per heavy atom. The second-order valence-corrected chi connectivity index (χ2v) is 5.28. The molecule has 0 aromatic heterocycles. The Morgan fingerprint density at radius 1 is 1.21 bits per heavy atom. The summed E-state index contributed by atoms with van der Waals surface area (Å²) in [7, 11) is 0. The molecule has 0 spiro atoms. The fraction of sp³-hybridized carbons (Fsp3) is 0.562. The van der Waals surface area contributed by atoms with Gasteiger partial charge in [-0.05, 0) is 25.8 Å². The Labute approximate surface area is 116 Å². The van der Waals surface area contributed by atoms with E-state index in [2.05, 4.69) is 37.8 Å². The third-order valence-corrected chi connectivity index (χ3v) is 3.84. The van der Waals surface area contributed by atoms with E-state index < -0.39 is 5.97 Å². The highest BCUT2D eigenvalue weighted by Gasteiger charge is 2.24. The van der Waals surface area contributed by atoms with Crippen molar-refractivity contribution in [3.05, 3.63) is 35.9 Å². The molecular formula is C16H25NO2. The number of carboxylic acids is 1. The summed E-state index contributed by atoms with van der Waals surface area (Å²) < 4.78 is 0. The van der Waals surface area contributed by atoms with Crippen molar-refractivity contribution in [3.8, 4) is 0 Å². The van der Waals surface area contributed by atoms with Crippen molar-refractivity contribution in [2.24, 2.45) is 5.92 Å². The average Bonchev–Trinajstić information content (AvgIpc) is 2.43. The predicted molar refractivity (Wildman–Crippen MR) is 78.1 cm³/mol. The van der Waals surface area contributed by atoms with Gasteiger partial charge in [-0.3, -0.25) is 9.69 Å². The summed E-state index contributed by atoms with van der Waals surface area (Å²) in [6, 6.07) is 10.9. The molecule has 0 aliphatic heterocycles. The van der Waals surface area contributed by atoms with Gasteiger partial charge in [-0.15, -0.1) is 0 Å². The maximum Gasteiger partial charge on any atom is 0.307 e. The van der Waals surface area contributed by atoms with Crippen LogP contribution in [-0.2, 0) is 4.79 Å². The molecule has 19 heavy (non-hydrogen) atoms. The van der Waals surface area contributed by atoms with Gasteiger partial charge in [0.05, 0.1) is 5.92 Å². The Bertz CT molecular complexity index is 391. The quantitative estimate of drug-likeness (QED) is 0.817. The van der Waals surface area contributed by atoms with Gasteiger partial charge in [-0.25, -0.2) is 0 Å². The summed E-state index contributed by atoms with van der Waals surface area (Å²) in [5.41, 5.74) is 1.24. The number of nitrogens with zero attached hydrogens (tertiary/aromatic N) is 1. The van der Waals surface area contributed by atoms with Gasteiger partial charge < -0.3 is 5.11 Å². The van der Waals surface area contributed by atoms with Crippen LogP contribution in [0.15, 0.2) is 30.3 Å². The number of hydrogen-bond acceptors (Lipinski definition) is 2. The molecule has 0 saturated carbocycles. The van der Waals surface area contributed by atoms with Crippen LogP contribution in [0.4, 0.5) is 0 Å². The fourth-order valence-electron chi connectivity index (χ4n) is 2.27. The molecule has 3 heteroatoms. The molecule has 3 atom stereocenters. The predicted octanol–water partition coefficient (Wildman–Crippen LogP) is 3.57. The lowest BCUT2D eigenvalue weighted by Crippen LogP contribution is -2.39. The lowest BCUT2D eigenvalue weighted by molar-refractivity contribution is -0.142. The van der Waals surface area contributed by atoms with Crippen LogP contribution >= 0.6 is 0 Å². The second-order valence-electron chi connectivity index (χ2n) is 5.28. The SMILES string of the molecule is CCC(C)N(CC(C)C(=O)O)C(C)c1ccccc1. The van der Waals surface area contributed by atoms with Crippen LogP contribution in [0.2, 0.25) is 0 Å². The topological polar surface area (TPSA) is 40.5 Å². The van der Waals surface area contributed by atoms with Crippen LogP contribution in [0.25, 0.3) is 0 Å². The number of rotatable bonds is 7. The number of aliphatic carboxylic acids is 1. The summed E-state index contributed by atoms with van der Waals surface area (Å²) in [5.74, 6) is -1.08. The van der Waals surface area contributed by atoms with E-state index in [4.69, 9.17) is 5.11 Å². The molecule has 106 valence electrons. The number of hydrogen-bond donors (Lipinski definition) is 1. The van der Waals surface area contributed by atoms with Crippen LogP contribution in [0.5, 0.6) is 0 Å². The minimum Gasteiger partial charge on any atom is -0.481 e. The molecule has 0 saturated heterocycles. The van der Waals surface area contributed by atoms with Crippen LogP contribution in [0.3, 0.4) is 0 Å². The minimum atomic E-state index is -0.728. The highest BCUT2D eigenvalue weighted by atomic mass is 16.4. The average molecular weight is 263 g/mol. The normalized spacial score (nSPS) is 16.1. The van der Waals surface area contributed by atoms with Crippen molar-refractivity contribution < 1.29 is 9.90 Å². The first-order valence-corrected chi connectivity index (χ1v) is 7.00. The van der Waals surface area contributed by atoms with Gasteiger partial charge in [0.2, 0.25) is 0 Å². The van der Waals surface area contributed by atoms with Crippen LogP contribution in [-0.4, -0.2) is 28.6 Å². The number of carbonyl (C=O) groups is 1. The zero-order valence-electron chi connectivity index (χ0n) is 12.3. The van der Waals surface area contributed by atoms with Crippen LogP contribution in [0, 0.1) is 5.92 Å². The van der Waals surface area contributed by atoms with E-state index in [1.807, 2.05) is 18.2 Å². The zero-order valence-corrected chi connectivity index (χ0v) is 12.3. The summed E-state index contributed by atoms with van der Waals surface area (Å²) in [6.45, 7) is 8.81. The van der Waals surface area contributed by atoms with E-state index in [0.29, 0.717) is 12.6 Å². The lowest BCUT2D eigenvalue weighted by atomic mass is 10.0. The van der Waals surface area contributed by atoms with E-state index in [0.717, 1.165) is 6.42 Å². The smallest absolute Gasteiger partial charge is 0.307 e. The largest absolute Gasteiger partial charge is 0.481 e. The van der Waals surface area contributed by atoms with Gasteiger partial charge in [0, 0.05) is 18.6 Å². The molecule has 0 aliphatic rings. The summed E-state index contributed by atoms with van der Waals surface area (Å²) >= 11 is 0. The van der Waals surface area contributed by atoms with Crippen LogP contribution in [0.1, 0.15) is 45.7 Å². The van der Waals surface area contributed by atoms with E-state index >= 15 is 0 Å². The Morgan fingerprint density at radius 2 is 1.79 bits per heavy atom. The molecule has 0 radical (unpaired) electrons. The monoisotopic (exact) mass is 263 g/mol. The van der Waals surface area contributed by atoms with Crippen molar-refractivity contribution in [2.75, 3.05) is 6.54 Å². The third-order valence-electron chi connectivity index (χ3n) is 3.84. The number of benzene rings is 1. The van der Waals surface area contributed by atoms with E-state index in [9.17, 15) is 4.79 Å². The molecule has 3 nitrogen and oxygen atoms in total. The van der Waals surface area contributed by atoms with Gasteiger partial charge in [0.15, 0.2) is 0 Å². The third kappa shape index (κ3) is 4.35. The molecule has 0 heterocycles.